The maximum Gasteiger partial charge on any atom is 0.224 e. The van der Waals surface area contributed by atoms with Gasteiger partial charge >= 0.3 is 0 Å². The van der Waals surface area contributed by atoms with E-state index >= 15 is 0 Å². The summed E-state index contributed by atoms with van der Waals surface area (Å²) in [6.45, 7) is 5.60. The fourth-order valence-corrected chi connectivity index (χ4v) is 3.20. The van der Waals surface area contributed by atoms with Gasteiger partial charge in [0.1, 0.15) is 24.4 Å². The maximum absolute atomic E-state index is 12.1. The van der Waals surface area contributed by atoms with Gasteiger partial charge in [-0.1, -0.05) is 5.11 Å². The van der Waals surface area contributed by atoms with E-state index in [1.165, 1.54) is 11.9 Å². The molecule has 44 heavy (non-hydrogen) atoms. The Morgan fingerprint density at radius 3 is 1.34 bits per heavy atom. The van der Waals surface area contributed by atoms with E-state index < -0.39 is 31.0 Å². The van der Waals surface area contributed by atoms with Gasteiger partial charge in [-0.05, 0) is 5.53 Å². The van der Waals surface area contributed by atoms with Gasteiger partial charge in [-0.25, -0.2) is 0 Å². The second-order valence-electron chi connectivity index (χ2n) is 9.18. The highest BCUT2D eigenvalue weighted by atomic mass is 16.6. The van der Waals surface area contributed by atoms with Crippen molar-refractivity contribution in [3.05, 3.63) is 10.4 Å². The number of aliphatic hydroxyl groups is 5. The van der Waals surface area contributed by atoms with Gasteiger partial charge in [0, 0.05) is 25.0 Å². The highest BCUT2D eigenvalue weighted by molar-refractivity contribution is 5.75. The van der Waals surface area contributed by atoms with E-state index in [9.17, 15) is 25.2 Å². The van der Waals surface area contributed by atoms with Crippen LogP contribution in [-0.2, 0) is 42.7 Å². The van der Waals surface area contributed by atoms with E-state index in [2.05, 4.69) is 10.0 Å². The first kappa shape index (κ1) is 42.3. The first-order valence-electron chi connectivity index (χ1n) is 14.5. The Morgan fingerprint density at radius 1 is 0.636 bits per heavy atom. The van der Waals surface area contributed by atoms with Crippen LogP contribution in [0.1, 0.15) is 6.42 Å². The molecule has 0 unspecified atom stereocenters. The zero-order chi connectivity index (χ0) is 32.7. The van der Waals surface area contributed by atoms with Gasteiger partial charge in [0.2, 0.25) is 5.91 Å². The Morgan fingerprint density at radius 2 is 0.977 bits per heavy atom. The van der Waals surface area contributed by atoms with Crippen molar-refractivity contribution in [2.75, 3.05) is 132 Å². The van der Waals surface area contributed by atoms with E-state index in [4.69, 9.17) is 48.5 Å². The highest BCUT2D eigenvalue weighted by Gasteiger charge is 2.31. The molecule has 0 saturated carbocycles. The lowest BCUT2D eigenvalue weighted by molar-refractivity contribution is -0.139. The molecule has 0 aromatic carbocycles. The van der Waals surface area contributed by atoms with Crippen molar-refractivity contribution in [3.8, 4) is 0 Å². The third-order valence-corrected chi connectivity index (χ3v) is 5.68. The van der Waals surface area contributed by atoms with Crippen LogP contribution in [0, 0.1) is 0 Å². The molecular weight excluding hydrogens is 592 g/mol. The molecule has 0 aliphatic heterocycles. The number of likely N-dealkylation sites (N-methyl/N-ethyl adjacent to an activating group) is 1. The van der Waals surface area contributed by atoms with E-state index in [0.29, 0.717) is 99.0 Å². The summed E-state index contributed by atoms with van der Waals surface area (Å²) in [5.41, 5.74) is 8.12. The quantitative estimate of drug-likeness (QED) is 0.0219. The fraction of sp³-hybridized carbons (Fsp3) is 0.962. The second-order valence-corrected chi connectivity index (χ2v) is 9.18. The molecule has 0 radical (unpaired) electrons. The van der Waals surface area contributed by atoms with Gasteiger partial charge < -0.3 is 68.3 Å². The molecule has 0 spiro atoms. The average Bonchev–Trinajstić information content (AvgIpc) is 3.02. The number of ether oxygens (including phenoxy) is 8. The maximum atomic E-state index is 12.1. The lowest BCUT2D eigenvalue weighted by atomic mass is 10.0. The predicted molar refractivity (Wildman–Crippen MR) is 154 cm³/mol. The van der Waals surface area contributed by atoms with Crippen LogP contribution in [0.2, 0.25) is 0 Å². The first-order valence-corrected chi connectivity index (χ1v) is 14.5. The molecule has 0 saturated heterocycles. The normalized spacial score (nSPS) is 14.1. The van der Waals surface area contributed by atoms with E-state index in [1.807, 2.05) is 0 Å². The fourth-order valence-electron chi connectivity index (χ4n) is 3.20. The van der Waals surface area contributed by atoms with Crippen LogP contribution in [-0.4, -0.2) is 193 Å². The van der Waals surface area contributed by atoms with Gasteiger partial charge in [-0.15, -0.1) is 0 Å². The van der Waals surface area contributed by atoms with Gasteiger partial charge in [-0.3, -0.25) is 4.79 Å². The van der Waals surface area contributed by atoms with Crippen LogP contribution < -0.4 is 0 Å². The minimum Gasteiger partial charge on any atom is -0.394 e. The zero-order valence-corrected chi connectivity index (χ0v) is 25.7. The molecule has 0 rings (SSSR count). The van der Waals surface area contributed by atoms with Crippen molar-refractivity contribution in [3.63, 3.8) is 0 Å². The Labute approximate surface area is 258 Å². The summed E-state index contributed by atoms with van der Waals surface area (Å²) in [5.74, 6) is -0.344. The molecule has 0 heterocycles. The van der Waals surface area contributed by atoms with Crippen molar-refractivity contribution in [2.45, 2.75) is 30.8 Å². The minimum absolute atomic E-state index is 0.0413. The van der Waals surface area contributed by atoms with Gasteiger partial charge in [0.15, 0.2) is 0 Å². The molecule has 18 heteroatoms. The highest BCUT2D eigenvalue weighted by Crippen LogP contribution is 2.07. The summed E-state index contributed by atoms with van der Waals surface area (Å²) >= 11 is 0. The number of hydrogen-bond donors (Lipinski definition) is 5. The minimum atomic E-state index is -1.75. The summed E-state index contributed by atoms with van der Waals surface area (Å²) < 4.78 is 42.9. The van der Waals surface area contributed by atoms with Crippen LogP contribution in [0.15, 0.2) is 5.11 Å². The number of hydrogen-bond acceptors (Lipinski definition) is 15. The molecule has 0 aromatic rings. The average molecular weight is 645 g/mol. The van der Waals surface area contributed by atoms with Crippen LogP contribution in [0.3, 0.4) is 0 Å². The molecule has 0 aliphatic rings. The van der Waals surface area contributed by atoms with Crippen LogP contribution >= 0.6 is 0 Å². The lowest BCUT2D eigenvalue weighted by Crippen LogP contribution is -2.50. The van der Waals surface area contributed by atoms with E-state index in [1.54, 1.807) is 0 Å². The molecule has 0 aromatic heterocycles. The molecule has 1 amide bonds. The van der Waals surface area contributed by atoms with E-state index in [0.717, 1.165) is 0 Å². The molecular formula is C26H52N4O14. The summed E-state index contributed by atoms with van der Waals surface area (Å²) in [4.78, 5) is 15.9. The van der Waals surface area contributed by atoms with Gasteiger partial charge in [0.05, 0.1) is 119 Å². The third-order valence-electron chi connectivity index (χ3n) is 5.68. The number of aliphatic hydroxyl groups excluding tert-OH is 5. The number of carbonyl (C=O) groups is 1. The Hall–Kier alpha value is -1.74. The molecule has 260 valence electrons. The molecule has 0 bridgehead atoms. The van der Waals surface area contributed by atoms with Gasteiger partial charge in [-0.2, -0.15) is 0 Å². The Kier molecular flexibility index (Phi) is 30.0. The first-order chi connectivity index (χ1) is 21.3. The van der Waals surface area contributed by atoms with Crippen LogP contribution in [0.4, 0.5) is 0 Å². The SMILES string of the molecule is CN(C[C@H](O)[C@@H](O)[C@H](O)[C@H](O)CO)C(=O)CCOCCOCCOCCOCCOCCOCCOCCOCCN=[N+]=[N-]. The zero-order valence-electron chi connectivity index (χ0n) is 25.7. The van der Waals surface area contributed by atoms with Crippen molar-refractivity contribution in [1.82, 2.24) is 4.90 Å². The Balaban J connectivity index is 3.38. The van der Waals surface area contributed by atoms with E-state index in [-0.39, 0.29) is 32.1 Å². The number of nitrogens with zero attached hydrogens (tertiary/aromatic N) is 4. The van der Waals surface area contributed by atoms with Crippen LogP contribution in [0.5, 0.6) is 0 Å². The molecule has 4 atom stereocenters. The monoisotopic (exact) mass is 644 g/mol. The van der Waals surface area contributed by atoms with Crippen molar-refractivity contribution in [1.29, 1.82) is 0 Å². The lowest BCUT2D eigenvalue weighted by Gasteiger charge is -2.28. The van der Waals surface area contributed by atoms with Crippen LogP contribution in [0.25, 0.3) is 10.4 Å². The summed E-state index contributed by atoms with van der Waals surface area (Å²) in [7, 11) is 1.42. The molecule has 0 fully saturated rings. The van der Waals surface area contributed by atoms with Crippen molar-refractivity contribution in [2.24, 2.45) is 5.11 Å². The summed E-state index contributed by atoms with van der Waals surface area (Å²) in [6, 6.07) is 0. The topological polar surface area (TPSA) is 244 Å². The number of azide groups is 1. The van der Waals surface area contributed by atoms with Crippen molar-refractivity contribution >= 4 is 5.91 Å². The molecule has 5 N–H and O–H groups in total. The largest absolute Gasteiger partial charge is 0.394 e. The summed E-state index contributed by atoms with van der Waals surface area (Å²) in [5, 5.41) is 50.9. The predicted octanol–water partition coefficient (Wildman–Crippen LogP) is -2.29. The molecule has 18 nitrogen and oxygen atoms in total. The number of amides is 1. The van der Waals surface area contributed by atoms with Gasteiger partial charge in [0.25, 0.3) is 0 Å². The Bertz CT molecular complexity index is 708. The number of carbonyl (C=O) groups excluding carboxylic acids is 1. The number of rotatable bonds is 33. The second kappa shape index (κ2) is 31.3. The third kappa shape index (κ3) is 25.6. The van der Waals surface area contributed by atoms with Crippen molar-refractivity contribution < 1.29 is 68.2 Å². The standard InChI is InChI=1S/C26H52N4O14/c1-30(20-22(32)25(35)26(36)23(33)21-31)24(34)2-4-37-6-8-39-10-12-41-14-16-43-18-19-44-17-15-42-13-11-40-9-7-38-5-3-28-29-27/h22-23,25-26,31-33,35-36H,2-21H2,1H3/t22-,23+,25+,26+/m0/s1. The summed E-state index contributed by atoms with van der Waals surface area (Å²) in [6.07, 6.45) is -6.54. The molecule has 0 aliphatic carbocycles. The smallest absolute Gasteiger partial charge is 0.224 e.